The van der Waals surface area contributed by atoms with Crippen molar-refractivity contribution < 1.29 is 33.4 Å². The van der Waals surface area contributed by atoms with Crippen LogP contribution in [0.15, 0.2) is 46.5 Å². The average Bonchev–Trinajstić information content (AvgIpc) is 2.66. The van der Waals surface area contributed by atoms with Crippen LogP contribution in [0.5, 0.6) is 0 Å². The van der Waals surface area contributed by atoms with Gasteiger partial charge in [0, 0.05) is 23.1 Å². The lowest BCUT2D eigenvalue weighted by Gasteiger charge is -2.44. The third-order valence-corrected chi connectivity index (χ3v) is 6.79. The highest BCUT2D eigenvalue weighted by Gasteiger charge is 2.48. The Morgan fingerprint density at radius 1 is 1.40 bits per heavy atom. The first-order valence-electron chi connectivity index (χ1n) is 8.60. The molecule has 2 N–H and O–H groups in total. The van der Waals surface area contributed by atoms with Gasteiger partial charge in [-0.15, -0.1) is 11.8 Å². The second-order valence-electron chi connectivity index (χ2n) is 6.31. The highest BCUT2D eigenvalue weighted by atomic mass is 35.5. The van der Waals surface area contributed by atoms with Crippen molar-refractivity contribution in [2.24, 2.45) is 0 Å². The van der Waals surface area contributed by atoms with Gasteiger partial charge in [-0.1, -0.05) is 41.6 Å². The maximum absolute atomic E-state index is 14.9. The third-order valence-electron chi connectivity index (χ3n) is 4.20. The Kier molecular flexibility index (Phi) is 6.63. The predicted octanol–water partition coefficient (Wildman–Crippen LogP) is 2.29. The molecule has 0 aromatic heterocycles. The first kappa shape index (κ1) is 22.4. The van der Waals surface area contributed by atoms with E-state index in [-0.39, 0.29) is 23.1 Å². The summed E-state index contributed by atoms with van der Waals surface area (Å²) in [6.07, 6.45) is -1.42. The van der Waals surface area contributed by atoms with E-state index in [0.29, 0.717) is 16.7 Å². The quantitative estimate of drug-likeness (QED) is 0.203. The molecule has 2 unspecified atom stereocenters. The van der Waals surface area contributed by atoms with Crippen LogP contribution in [0.3, 0.4) is 0 Å². The second-order valence-corrected chi connectivity index (χ2v) is 9.46. The number of fused-ring (bicyclic) bond motifs is 1. The van der Waals surface area contributed by atoms with Crippen molar-refractivity contribution in [2.45, 2.75) is 34.3 Å². The molecule has 2 heterocycles. The zero-order valence-corrected chi connectivity index (χ0v) is 17.9. The van der Waals surface area contributed by atoms with Gasteiger partial charge >= 0.3 is 16.4 Å². The molecule has 0 spiro atoms. The molecule has 2 amide bonds. The summed E-state index contributed by atoms with van der Waals surface area (Å²) < 4.78 is 17.0. The zero-order valence-electron chi connectivity index (χ0n) is 15.5. The summed E-state index contributed by atoms with van der Waals surface area (Å²) in [4.78, 5) is 49.2. The second kappa shape index (κ2) is 8.86. The van der Waals surface area contributed by atoms with Gasteiger partial charge in [-0.3, -0.25) is 19.3 Å². The van der Waals surface area contributed by atoms with Gasteiger partial charge in [0.2, 0.25) is 12.1 Å². The van der Waals surface area contributed by atoms with Gasteiger partial charge in [0.1, 0.15) is 5.70 Å². The van der Waals surface area contributed by atoms with Crippen molar-refractivity contribution in [1.29, 1.82) is 0 Å². The summed E-state index contributed by atoms with van der Waals surface area (Å²) in [7, 11) is 0. The average molecular weight is 475 g/mol. The molecule has 0 radical (unpaired) electrons. The predicted molar refractivity (Wildman–Crippen MR) is 108 cm³/mol. The van der Waals surface area contributed by atoms with Crippen LogP contribution in [0, 0.1) is 0 Å². The van der Waals surface area contributed by atoms with Crippen LogP contribution in [0.25, 0.3) is 0 Å². The van der Waals surface area contributed by atoms with Crippen LogP contribution in [0.2, 0.25) is 0 Å². The van der Waals surface area contributed by atoms with Gasteiger partial charge in [-0.05, 0) is 12.1 Å². The molecule has 1 saturated heterocycles. The molecule has 0 aliphatic carbocycles. The fourth-order valence-electron chi connectivity index (χ4n) is 2.88. The molecule has 12 heteroatoms. The van der Waals surface area contributed by atoms with Crippen molar-refractivity contribution in [3.63, 3.8) is 0 Å². The third kappa shape index (κ3) is 4.73. The molecule has 160 valence electrons. The Balaban J connectivity index is 1.87. The molecular formula is C18H16ClFN2O6S2. The SMILES string of the molecule is CC(=O)OC(NC(=O)C(F)(Cl)Sc1ccccc1)C1=C(C(=O)O)N2C(=O)C[C@H]2SC1. The number of hydrogen-bond acceptors (Lipinski definition) is 7. The molecule has 1 aromatic rings. The molecule has 8 nitrogen and oxygen atoms in total. The summed E-state index contributed by atoms with van der Waals surface area (Å²) in [6.45, 7) is 1.05. The zero-order chi connectivity index (χ0) is 22.1. The molecule has 3 rings (SSSR count). The molecule has 3 atom stereocenters. The summed E-state index contributed by atoms with van der Waals surface area (Å²) >= 11 is 7.44. The lowest BCUT2D eigenvalue weighted by atomic mass is 10.1. The number of aliphatic carboxylic acids is 1. The number of carbonyl (C=O) groups excluding carboxylic acids is 3. The molecule has 30 heavy (non-hydrogen) atoms. The maximum atomic E-state index is 14.9. The lowest BCUT2D eigenvalue weighted by molar-refractivity contribution is -0.149. The van der Waals surface area contributed by atoms with Crippen molar-refractivity contribution in [3.8, 4) is 0 Å². The number of rotatable bonds is 7. The summed E-state index contributed by atoms with van der Waals surface area (Å²) in [6, 6.07) is 8.09. The van der Waals surface area contributed by atoms with Crippen LogP contribution in [-0.2, 0) is 23.9 Å². The van der Waals surface area contributed by atoms with Crippen LogP contribution in [0.4, 0.5) is 4.39 Å². The fraction of sp³-hybridized carbons (Fsp3) is 0.333. The number of amides is 2. The highest BCUT2D eigenvalue weighted by Crippen LogP contribution is 2.42. The van der Waals surface area contributed by atoms with Crippen LogP contribution in [-0.4, -0.2) is 55.6 Å². The molecule has 0 bridgehead atoms. The first-order chi connectivity index (χ1) is 14.1. The smallest absolute Gasteiger partial charge is 0.352 e. The number of nitrogens with zero attached hydrogens (tertiary/aromatic N) is 1. The van der Waals surface area contributed by atoms with Crippen molar-refractivity contribution in [3.05, 3.63) is 41.6 Å². The van der Waals surface area contributed by atoms with E-state index in [2.05, 4.69) is 5.32 Å². The summed E-state index contributed by atoms with van der Waals surface area (Å²) in [5.74, 6) is -3.95. The van der Waals surface area contributed by atoms with E-state index in [0.717, 1.165) is 11.8 Å². The molecule has 1 fully saturated rings. The first-order valence-corrected chi connectivity index (χ1v) is 10.8. The highest BCUT2D eigenvalue weighted by molar-refractivity contribution is 8.02. The van der Waals surface area contributed by atoms with E-state index in [1.165, 1.54) is 11.8 Å². The van der Waals surface area contributed by atoms with Crippen LogP contribution in [0.1, 0.15) is 13.3 Å². The van der Waals surface area contributed by atoms with Gasteiger partial charge < -0.3 is 15.2 Å². The van der Waals surface area contributed by atoms with E-state index in [1.54, 1.807) is 30.3 Å². The van der Waals surface area contributed by atoms with Crippen LogP contribution < -0.4 is 5.32 Å². The van der Waals surface area contributed by atoms with Crippen molar-refractivity contribution in [2.75, 3.05) is 5.75 Å². The minimum absolute atomic E-state index is 0.0440. The Morgan fingerprint density at radius 2 is 2.07 bits per heavy atom. The van der Waals surface area contributed by atoms with Gasteiger partial charge in [0.15, 0.2) is 0 Å². The minimum atomic E-state index is -2.96. The summed E-state index contributed by atoms with van der Waals surface area (Å²) in [5.41, 5.74) is -0.436. The van der Waals surface area contributed by atoms with E-state index in [4.69, 9.17) is 16.3 Å². The Hall–Kier alpha value is -2.24. The van der Waals surface area contributed by atoms with Gasteiger partial charge in [0.25, 0.3) is 5.91 Å². The fourth-order valence-corrected chi connectivity index (χ4v) is 5.23. The Labute approximate surface area is 184 Å². The van der Waals surface area contributed by atoms with E-state index in [1.807, 2.05) is 0 Å². The molecule has 0 saturated carbocycles. The topological polar surface area (TPSA) is 113 Å². The van der Waals surface area contributed by atoms with Crippen molar-refractivity contribution in [1.82, 2.24) is 10.2 Å². The van der Waals surface area contributed by atoms with E-state index in [9.17, 15) is 28.7 Å². The minimum Gasteiger partial charge on any atom is -0.477 e. The monoisotopic (exact) mass is 474 g/mol. The van der Waals surface area contributed by atoms with Crippen molar-refractivity contribution >= 4 is 58.9 Å². The number of β-lactam (4-membered cyclic amide) rings is 1. The molecule has 2 aliphatic heterocycles. The molecular weight excluding hydrogens is 459 g/mol. The Bertz CT molecular complexity index is 927. The number of ether oxygens (including phenoxy) is 1. The Morgan fingerprint density at radius 3 is 2.63 bits per heavy atom. The number of benzene rings is 1. The summed E-state index contributed by atoms with van der Waals surface area (Å²) in [5, 5.41) is 11.4. The normalized spacial score (nSPS) is 21.1. The van der Waals surface area contributed by atoms with E-state index >= 15 is 0 Å². The van der Waals surface area contributed by atoms with Gasteiger partial charge in [0.05, 0.1) is 11.8 Å². The molecule has 1 aromatic carbocycles. The molecule has 2 aliphatic rings. The van der Waals surface area contributed by atoms with Gasteiger partial charge in [-0.2, -0.15) is 0 Å². The maximum Gasteiger partial charge on any atom is 0.352 e. The largest absolute Gasteiger partial charge is 0.477 e. The lowest BCUT2D eigenvalue weighted by Crippen LogP contribution is -2.56. The van der Waals surface area contributed by atoms with E-state index < -0.39 is 40.1 Å². The number of nitrogens with one attached hydrogen (secondary N) is 1. The number of carbonyl (C=O) groups is 4. The number of alkyl halides is 2. The standard InChI is InChI=1S/C18H16ClFN2O6S2/c1-9(23)28-15(11-8-29-13-7-12(24)22(13)14(11)16(25)26)21-17(27)18(19,20)30-10-5-3-2-4-6-10/h2-6,13,15H,7-8H2,1H3,(H,21,27)(H,25,26)/t13-,15?,18?/m1/s1. The number of carboxylic acids is 1. The number of thioether (sulfide) groups is 2. The van der Waals surface area contributed by atoms with Gasteiger partial charge in [-0.25, -0.2) is 9.18 Å². The van der Waals surface area contributed by atoms with Crippen LogP contribution >= 0.6 is 35.1 Å². The number of esters is 1. The number of halogens is 2. The number of hydrogen-bond donors (Lipinski definition) is 2. The number of carboxylic acid groups (broad SMARTS) is 1.